The second-order valence-electron chi connectivity index (χ2n) is 13.5. The molecule has 2 heterocycles. The van der Waals surface area contributed by atoms with E-state index in [1.165, 1.54) is 9.80 Å². The van der Waals surface area contributed by atoms with E-state index in [1.54, 1.807) is 40.6 Å². The predicted molar refractivity (Wildman–Crippen MR) is 207 cm³/mol. The lowest BCUT2D eigenvalue weighted by Gasteiger charge is -2.28. The van der Waals surface area contributed by atoms with E-state index in [4.69, 9.17) is 18.9 Å². The first-order valence-corrected chi connectivity index (χ1v) is 18.0. The van der Waals surface area contributed by atoms with Crippen LogP contribution >= 0.6 is 0 Å². The van der Waals surface area contributed by atoms with E-state index in [-0.39, 0.29) is 36.7 Å². The summed E-state index contributed by atoms with van der Waals surface area (Å²) in [6, 6.07) is 22.2. The molecular weight excluding hydrogens is 686 g/mol. The highest BCUT2D eigenvalue weighted by molar-refractivity contribution is 6.30. The number of imide groups is 2. The lowest BCUT2D eigenvalue weighted by molar-refractivity contribution is 0.0591. The van der Waals surface area contributed by atoms with Crippen molar-refractivity contribution < 1.29 is 38.1 Å². The van der Waals surface area contributed by atoms with Crippen LogP contribution in [-0.2, 0) is 0 Å². The second kappa shape index (κ2) is 14.0. The number of carbonyl (C=O) groups excluding carboxylic acids is 4. The summed E-state index contributed by atoms with van der Waals surface area (Å²) in [6.07, 6.45) is 1.90. The molecule has 54 heavy (non-hydrogen) atoms. The number of amides is 4. The first kappa shape index (κ1) is 34.9. The fourth-order valence-corrected chi connectivity index (χ4v) is 7.96. The quantitative estimate of drug-likeness (QED) is 0.0763. The van der Waals surface area contributed by atoms with Gasteiger partial charge in [0.15, 0.2) is 23.0 Å². The molecule has 4 amide bonds. The summed E-state index contributed by atoms with van der Waals surface area (Å²) in [5, 5.41) is 9.72. The summed E-state index contributed by atoms with van der Waals surface area (Å²) in [7, 11) is 6.29. The van der Waals surface area contributed by atoms with Gasteiger partial charge in [-0.1, -0.05) is 24.3 Å². The van der Waals surface area contributed by atoms with E-state index in [9.17, 15) is 19.2 Å². The second-order valence-corrected chi connectivity index (χ2v) is 13.5. The Morgan fingerprint density at radius 2 is 0.870 bits per heavy atom. The average Bonchev–Trinajstić information content (AvgIpc) is 3.20. The number of benzene rings is 6. The maximum atomic E-state index is 13.8. The van der Waals surface area contributed by atoms with Gasteiger partial charge in [0.25, 0.3) is 23.6 Å². The van der Waals surface area contributed by atoms with Gasteiger partial charge < -0.3 is 24.3 Å². The van der Waals surface area contributed by atoms with Gasteiger partial charge in [0.2, 0.25) is 0 Å². The summed E-state index contributed by atoms with van der Waals surface area (Å²) in [5.41, 5.74) is 1.99. The Bertz CT molecular complexity index is 2390. The molecular formula is C43H39N3O8. The number of fused-ring (bicyclic) bond motifs is 4. The summed E-state index contributed by atoms with van der Waals surface area (Å²) >= 11 is 0. The lowest BCUT2D eigenvalue weighted by atomic mass is 9.90. The van der Waals surface area contributed by atoms with Gasteiger partial charge in [-0.15, -0.1) is 0 Å². The minimum atomic E-state index is -0.319. The van der Waals surface area contributed by atoms with Crippen LogP contribution in [0.25, 0.3) is 43.1 Å². The Kier molecular flexibility index (Phi) is 9.03. The smallest absolute Gasteiger partial charge is 0.261 e. The topological polar surface area (TPSA) is 124 Å². The molecule has 0 saturated carbocycles. The molecule has 274 valence electrons. The third-order valence-corrected chi connectivity index (χ3v) is 10.6. The van der Waals surface area contributed by atoms with Crippen LogP contribution in [0, 0.1) is 0 Å². The third kappa shape index (κ3) is 5.54. The average molecular weight is 726 g/mol. The van der Waals surface area contributed by atoms with E-state index in [0.29, 0.717) is 82.0 Å². The standard InChI is InChI=1S/C43H39N3O8/c1-51-34-20-24-18-32-38-26(30(24)22-36(34)53-3)10-7-12-28(38)40(47)45(42(32)49)16-6-5-14-44-15-9-17-46-41(48)29-13-8-11-27-31-23-37(54-4)35(52-2)21-25(31)19-33(39(27)29)43(46)50/h7-8,10-13,18-23,44H,5-6,9,14-17H2,1-4H3. The Labute approximate surface area is 311 Å². The number of hydrogen-bond donors (Lipinski definition) is 1. The number of rotatable bonds is 13. The van der Waals surface area contributed by atoms with E-state index in [2.05, 4.69) is 5.32 Å². The molecule has 0 saturated heterocycles. The molecule has 0 radical (unpaired) electrons. The number of hydrogen-bond acceptors (Lipinski definition) is 9. The van der Waals surface area contributed by atoms with Gasteiger partial charge in [0.1, 0.15) is 0 Å². The van der Waals surface area contributed by atoms with Crippen molar-refractivity contribution in [3.05, 3.63) is 95.1 Å². The third-order valence-electron chi connectivity index (χ3n) is 10.6. The molecule has 0 unspecified atom stereocenters. The van der Waals surface area contributed by atoms with E-state index in [0.717, 1.165) is 38.7 Å². The van der Waals surface area contributed by atoms with E-state index in [1.807, 2.05) is 60.7 Å². The summed E-state index contributed by atoms with van der Waals surface area (Å²) < 4.78 is 22.0. The fraction of sp³-hybridized carbons (Fsp3) is 0.256. The lowest BCUT2D eigenvalue weighted by Crippen LogP contribution is -2.41. The largest absolute Gasteiger partial charge is 0.493 e. The van der Waals surface area contributed by atoms with Crippen molar-refractivity contribution in [1.29, 1.82) is 0 Å². The highest BCUT2D eigenvalue weighted by atomic mass is 16.5. The maximum Gasteiger partial charge on any atom is 0.261 e. The molecule has 11 nitrogen and oxygen atoms in total. The Hall–Kier alpha value is -6.20. The summed E-state index contributed by atoms with van der Waals surface area (Å²) in [4.78, 5) is 57.4. The van der Waals surface area contributed by atoms with Crippen molar-refractivity contribution in [3.63, 3.8) is 0 Å². The molecule has 11 heteroatoms. The Morgan fingerprint density at radius 3 is 1.33 bits per heavy atom. The minimum Gasteiger partial charge on any atom is -0.493 e. The van der Waals surface area contributed by atoms with Crippen molar-refractivity contribution in [2.45, 2.75) is 19.3 Å². The highest BCUT2D eigenvalue weighted by Gasteiger charge is 2.35. The van der Waals surface area contributed by atoms with Crippen LogP contribution in [-0.4, -0.2) is 88.0 Å². The van der Waals surface area contributed by atoms with Crippen molar-refractivity contribution in [3.8, 4) is 23.0 Å². The SMILES string of the molecule is COc1cc2cc3c4c(cccc4c2cc1OC)C(=O)N(CCCCNCCCN1C(=O)c2cccc4c2c(cc2cc(OC)c(OC)cc24)C1=O)C3=O. The maximum absolute atomic E-state index is 13.8. The van der Waals surface area contributed by atoms with Crippen LogP contribution in [0.3, 0.4) is 0 Å². The van der Waals surface area contributed by atoms with Crippen LogP contribution in [0.1, 0.15) is 60.7 Å². The van der Waals surface area contributed by atoms with Crippen LogP contribution in [0.5, 0.6) is 23.0 Å². The molecule has 1 N–H and O–H groups in total. The number of ether oxygens (including phenoxy) is 4. The number of carbonyl (C=O) groups is 4. The van der Waals surface area contributed by atoms with Crippen molar-refractivity contribution in [2.24, 2.45) is 0 Å². The van der Waals surface area contributed by atoms with Gasteiger partial charge in [0.05, 0.1) is 28.4 Å². The first-order chi connectivity index (χ1) is 26.3. The molecule has 0 aromatic heterocycles. The zero-order valence-corrected chi connectivity index (χ0v) is 30.5. The Morgan fingerprint density at radius 1 is 0.463 bits per heavy atom. The number of nitrogens with one attached hydrogen (secondary N) is 1. The fourth-order valence-electron chi connectivity index (χ4n) is 7.96. The zero-order chi connectivity index (χ0) is 37.7. The predicted octanol–water partition coefficient (Wildman–Crippen LogP) is 6.99. The molecule has 8 rings (SSSR count). The van der Waals surface area contributed by atoms with Gasteiger partial charge in [-0.25, -0.2) is 0 Å². The monoisotopic (exact) mass is 725 g/mol. The van der Waals surface area contributed by atoms with E-state index < -0.39 is 0 Å². The molecule has 0 atom stereocenters. The van der Waals surface area contributed by atoms with Crippen LogP contribution in [0.4, 0.5) is 0 Å². The van der Waals surface area contributed by atoms with Gasteiger partial charge in [0, 0.05) is 46.1 Å². The number of nitrogens with zero attached hydrogens (tertiary/aromatic N) is 2. The van der Waals surface area contributed by atoms with Crippen LogP contribution < -0.4 is 24.3 Å². The number of unbranched alkanes of at least 4 members (excludes halogenated alkanes) is 1. The van der Waals surface area contributed by atoms with E-state index >= 15 is 0 Å². The van der Waals surface area contributed by atoms with Gasteiger partial charge in [-0.2, -0.15) is 0 Å². The molecule has 0 aliphatic carbocycles. The summed E-state index contributed by atoms with van der Waals surface area (Å²) in [6.45, 7) is 1.78. The van der Waals surface area contributed by atoms with Gasteiger partial charge in [-0.3, -0.25) is 29.0 Å². The molecule has 0 fully saturated rings. The normalized spacial score (nSPS) is 13.9. The van der Waals surface area contributed by atoms with Gasteiger partial charge in [-0.05, 0) is 113 Å². The molecule has 6 aromatic carbocycles. The minimum absolute atomic E-state index is 0.263. The van der Waals surface area contributed by atoms with Crippen molar-refractivity contribution >= 4 is 66.7 Å². The first-order valence-electron chi connectivity index (χ1n) is 18.0. The highest BCUT2D eigenvalue weighted by Crippen LogP contribution is 2.42. The molecule has 2 aliphatic rings. The molecule has 0 bridgehead atoms. The van der Waals surface area contributed by atoms with Crippen molar-refractivity contribution in [2.75, 3.05) is 54.6 Å². The molecule has 6 aromatic rings. The van der Waals surface area contributed by atoms with Crippen LogP contribution in [0.2, 0.25) is 0 Å². The molecule has 0 spiro atoms. The zero-order valence-electron chi connectivity index (χ0n) is 30.5. The van der Waals surface area contributed by atoms with Crippen molar-refractivity contribution in [1.82, 2.24) is 15.1 Å². The Balaban J connectivity index is 0.888. The number of methoxy groups -OCH3 is 4. The molecule has 2 aliphatic heterocycles. The van der Waals surface area contributed by atoms with Gasteiger partial charge >= 0.3 is 0 Å². The van der Waals surface area contributed by atoms with Crippen LogP contribution in [0.15, 0.2) is 72.8 Å². The summed E-state index contributed by atoms with van der Waals surface area (Å²) in [5.74, 6) is 1.03.